The molecule has 1 amide bonds. The Kier molecular flexibility index (Phi) is 23.1. The lowest BCUT2D eigenvalue weighted by Gasteiger charge is -2.35. The molecular weight excluding hydrogens is 1540 g/mol. The summed E-state index contributed by atoms with van der Waals surface area (Å²) >= 11 is 0. The Labute approximate surface area is 704 Å². The number of amides is 1. The van der Waals surface area contributed by atoms with Gasteiger partial charge < -0.3 is 58.6 Å². The van der Waals surface area contributed by atoms with Gasteiger partial charge >= 0.3 is 0 Å². The van der Waals surface area contributed by atoms with Crippen molar-refractivity contribution in [2.45, 2.75) is 129 Å². The third-order valence-electron chi connectivity index (χ3n) is 23.6. The van der Waals surface area contributed by atoms with Crippen LogP contribution < -0.4 is 46.8 Å². The number of carbonyl (C=O) groups is 1. The molecule has 28 heteroatoms. The molecule has 2 fully saturated rings. The lowest BCUT2D eigenvalue weighted by Crippen LogP contribution is -2.38. The topological polar surface area (TPSA) is 263 Å². The number of aromatic nitrogens is 15. The van der Waals surface area contributed by atoms with Crippen molar-refractivity contribution in [3.05, 3.63) is 250 Å². The number of nitrogens with zero attached hydrogens (tertiary/aromatic N) is 18. The Morgan fingerprint density at radius 3 is 1.22 bits per heavy atom. The van der Waals surface area contributed by atoms with E-state index >= 15 is 0 Å². The number of fused-ring (bicyclic) bond motifs is 21. The molecule has 6 bridgehead atoms. The summed E-state index contributed by atoms with van der Waals surface area (Å²) in [5.74, 6) is 3.73. The number of ether oxygens (including phenoxy) is 3. The third kappa shape index (κ3) is 16.9. The SMILES string of the molecule is CC(=O)N1CCC(n2ccc3cc(Nc4ncc5c(=O)n6n(c5n4)-c4cccc(c4)OCCCC=CC6)ccc32)CC1.CC(C)N1CCC(n2ccc3cc(Nc4ncc5c(=O)n6n(c5n4)-c4cccc(c4)OCCCC=CC6)ccc32)CC1.CN(C)CCn1ccc2cc(Nc3ncc4c(=O)n5n(c4n3)-c3cccc(c3)OCCCC=CC5)ccc21. The zero-order chi connectivity index (χ0) is 83.3. The number of anilines is 6. The van der Waals surface area contributed by atoms with Gasteiger partial charge in [-0.25, -0.2) is 43.0 Å². The minimum absolute atomic E-state index is 0.119. The Bertz CT molecular complexity index is 6640. The molecule has 5 aliphatic rings. The molecule has 0 radical (unpaired) electrons. The second-order valence-electron chi connectivity index (χ2n) is 32.3. The molecule has 14 heterocycles. The second-order valence-corrected chi connectivity index (χ2v) is 32.3. The maximum atomic E-state index is 13.5. The summed E-state index contributed by atoms with van der Waals surface area (Å²) < 4.78 is 35.5. The molecule has 6 aromatic carbocycles. The van der Waals surface area contributed by atoms with Gasteiger partial charge in [-0.3, -0.25) is 19.2 Å². The third-order valence-corrected chi connectivity index (χ3v) is 23.6. The first kappa shape index (κ1) is 79.5. The highest BCUT2D eigenvalue weighted by molar-refractivity contribution is 5.88. The van der Waals surface area contributed by atoms with Crippen molar-refractivity contribution in [2.75, 3.05) is 82.6 Å². The maximum Gasteiger partial charge on any atom is 0.278 e. The molecule has 0 spiro atoms. The number of likely N-dealkylation sites (tertiary alicyclic amines) is 2. The van der Waals surface area contributed by atoms with Crippen LogP contribution in [0.1, 0.15) is 97.1 Å². The molecule has 0 atom stereocenters. The Morgan fingerprint density at radius 2 is 0.836 bits per heavy atom. The molecule has 15 aromatic rings. The van der Waals surface area contributed by atoms with Crippen molar-refractivity contribution in [1.29, 1.82) is 0 Å². The predicted molar refractivity (Wildman–Crippen MR) is 481 cm³/mol. The van der Waals surface area contributed by atoms with Gasteiger partial charge in [0.2, 0.25) is 23.8 Å². The van der Waals surface area contributed by atoms with Crippen LogP contribution >= 0.6 is 0 Å². The van der Waals surface area contributed by atoms with Gasteiger partial charge in [-0.1, -0.05) is 54.7 Å². The van der Waals surface area contributed by atoms with Crippen molar-refractivity contribution < 1.29 is 19.0 Å². The van der Waals surface area contributed by atoms with Gasteiger partial charge in [-0.15, -0.1) is 0 Å². The van der Waals surface area contributed by atoms with Gasteiger partial charge in [-0.2, -0.15) is 15.0 Å². The van der Waals surface area contributed by atoms with Crippen LogP contribution in [0.15, 0.2) is 234 Å². The lowest BCUT2D eigenvalue weighted by molar-refractivity contribution is -0.130. The number of rotatable bonds is 12. The number of likely N-dealkylation sites (N-methyl/N-ethyl adjacent to an activating group) is 1. The number of hydrogen-bond donors (Lipinski definition) is 3. The first-order chi connectivity index (χ1) is 59.7. The van der Waals surface area contributed by atoms with Gasteiger partial charge in [0, 0.05) is 169 Å². The van der Waals surface area contributed by atoms with E-state index in [1.807, 2.05) is 122 Å². The Hall–Kier alpha value is -13.6. The number of nitrogens with one attached hydrogen (secondary N) is 3. The molecule has 3 N–H and O–H groups in total. The summed E-state index contributed by atoms with van der Waals surface area (Å²) in [5.41, 5.74) is 9.93. The van der Waals surface area contributed by atoms with Crippen LogP contribution in [0.3, 0.4) is 0 Å². The molecular formula is C94H101N21O7. The van der Waals surface area contributed by atoms with Gasteiger partial charge in [-0.05, 0) is 201 Å². The van der Waals surface area contributed by atoms with E-state index < -0.39 is 0 Å². The van der Waals surface area contributed by atoms with Crippen LogP contribution in [0.2, 0.25) is 0 Å². The van der Waals surface area contributed by atoms with E-state index in [4.69, 9.17) is 29.2 Å². The monoisotopic (exact) mass is 1640 g/mol. The second kappa shape index (κ2) is 35.4. The molecule has 122 heavy (non-hydrogen) atoms. The summed E-state index contributed by atoms with van der Waals surface area (Å²) in [4.78, 5) is 86.7. The molecule has 28 nitrogen and oxygen atoms in total. The molecule has 0 saturated carbocycles. The highest BCUT2D eigenvalue weighted by Gasteiger charge is 2.27. The van der Waals surface area contributed by atoms with E-state index in [0.717, 1.165) is 158 Å². The molecule has 0 aliphatic carbocycles. The smallest absolute Gasteiger partial charge is 0.278 e. The van der Waals surface area contributed by atoms with Crippen molar-refractivity contribution in [2.24, 2.45) is 0 Å². The summed E-state index contributed by atoms with van der Waals surface area (Å²) in [6, 6.07) is 50.2. The number of allylic oxidation sites excluding steroid dienone is 6. The van der Waals surface area contributed by atoms with Crippen LogP contribution in [0.5, 0.6) is 17.2 Å². The molecule has 20 rings (SSSR count). The van der Waals surface area contributed by atoms with Crippen molar-refractivity contribution in [3.63, 3.8) is 0 Å². The molecule has 5 aliphatic heterocycles. The van der Waals surface area contributed by atoms with Crippen LogP contribution in [-0.2, 0) is 31.0 Å². The molecule has 2 saturated heterocycles. The van der Waals surface area contributed by atoms with E-state index in [0.29, 0.717) is 109 Å². The highest BCUT2D eigenvalue weighted by atomic mass is 16.5. The van der Waals surface area contributed by atoms with Crippen LogP contribution in [0.25, 0.3) is 82.9 Å². The highest BCUT2D eigenvalue weighted by Crippen LogP contribution is 2.35. The van der Waals surface area contributed by atoms with Gasteiger partial charge in [0.25, 0.3) is 16.7 Å². The lowest BCUT2D eigenvalue weighted by atomic mass is 10.0. The average Bonchev–Trinajstić information content (AvgIpc) is 1.61. The minimum atomic E-state index is -0.138. The first-order valence-electron chi connectivity index (χ1n) is 42.5. The molecule has 9 aromatic heterocycles. The average molecular weight is 1640 g/mol. The number of benzene rings is 6. The number of hydrogen-bond acceptors (Lipinski definition) is 18. The normalized spacial score (nSPS) is 15.6. The van der Waals surface area contributed by atoms with E-state index in [1.165, 1.54) is 29.3 Å². The van der Waals surface area contributed by atoms with Gasteiger partial charge in [0.05, 0.1) is 56.5 Å². The zero-order valence-corrected chi connectivity index (χ0v) is 69.5. The van der Waals surface area contributed by atoms with Crippen molar-refractivity contribution in [1.82, 2.24) is 86.4 Å². The number of piperidine rings is 2. The Morgan fingerprint density at radius 1 is 0.459 bits per heavy atom. The fourth-order valence-electron chi connectivity index (χ4n) is 17.1. The standard InChI is InChI=1S/C33H37N7O2.C32H33N7O3.C29H31N7O2/c1-23(2)37-16-13-26(14-17-37)38-18-12-24-20-25(10-11-30(24)38)35-33-34-22-29-31(36-33)40-27-8-7-9-28(21-27)42-19-6-4-3-5-15-39(40)32(29)41;1-22(40)36-15-12-25(13-16-36)37-17-11-23-19-24(9-10-29(23)37)34-32-33-21-28-30(35-32)39-26-7-6-8-27(20-26)42-18-5-3-2-4-14-38(39)31(28)41;1-33(2)15-16-34-14-12-21-18-22(10-11-26(21)34)31-29-30-20-25-27(32-29)36-23-8-7-9-24(19-23)38-17-6-4-3-5-13-35(36)28(25)37/h3,5,7-12,18,20-23,26H,4,6,13-17,19H2,1-2H3,(H,34,35,36);2,4,6-11,17,19-21,25H,3,5,12-16,18H2,1H3,(H,33,34,35);3,5,7-12,14,18-20H,4,6,13,15-17H2,1-2H3,(H,30,31,32). The van der Waals surface area contributed by atoms with Crippen LogP contribution in [0, 0.1) is 0 Å². The minimum Gasteiger partial charge on any atom is -0.494 e. The predicted octanol–water partition coefficient (Wildman–Crippen LogP) is 15.8. The van der Waals surface area contributed by atoms with E-state index in [2.05, 4.69) is 180 Å². The quantitative estimate of drug-likeness (QED) is 0.0960. The zero-order valence-electron chi connectivity index (χ0n) is 69.5. The van der Waals surface area contributed by atoms with Crippen molar-refractivity contribution in [3.8, 4) is 34.3 Å². The summed E-state index contributed by atoms with van der Waals surface area (Å²) in [5, 5.41) is 14.9. The summed E-state index contributed by atoms with van der Waals surface area (Å²) in [6.07, 6.45) is 33.3. The van der Waals surface area contributed by atoms with E-state index in [9.17, 15) is 19.2 Å². The van der Waals surface area contributed by atoms with Gasteiger partial charge in [0.15, 0.2) is 16.9 Å². The van der Waals surface area contributed by atoms with Crippen LogP contribution in [0.4, 0.5) is 34.9 Å². The van der Waals surface area contributed by atoms with Crippen molar-refractivity contribution >= 4 is 107 Å². The van der Waals surface area contributed by atoms with Crippen LogP contribution in [-0.4, -0.2) is 165 Å². The summed E-state index contributed by atoms with van der Waals surface area (Å²) in [6.45, 7) is 15.2. The molecule has 0 unspecified atom stereocenters. The maximum absolute atomic E-state index is 13.5. The summed E-state index contributed by atoms with van der Waals surface area (Å²) in [7, 11) is 4.16. The largest absolute Gasteiger partial charge is 0.494 e. The van der Waals surface area contributed by atoms with E-state index in [-0.39, 0.29) is 22.6 Å². The Balaban J connectivity index is 0.000000125. The number of carbonyl (C=O) groups excluding carboxylic acids is 1. The van der Waals surface area contributed by atoms with Gasteiger partial charge in [0.1, 0.15) is 33.4 Å². The fourth-order valence-corrected chi connectivity index (χ4v) is 17.1. The van der Waals surface area contributed by atoms with E-state index in [1.54, 1.807) is 39.6 Å². The first-order valence-corrected chi connectivity index (χ1v) is 42.5. The fraction of sp³-hybridized carbons (Fsp3) is 0.319. The molecule has 624 valence electrons.